The Bertz CT molecular complexity index is 335. The van der Waals surface area contributed by atoms with Gasteiger partial charge in [0.25, 0.3) is 0 Å². The number of carbonyl (C=O) groups is 1. The summed E-state index contributed by atoms with van der Waals surface area (Å²) in [4.78, 5) is 15.4. The molecular formula is C9H13N3O2. The standard InChI is InChI=1S/C9H13N3O2/c1-6-5-12-9(14-6)7-4-8(13)11-3-2-10-7/h5,7,10H,2-4H2,1H3,(H,11,13). The van der Waals surface area contributed by atoms with E-state index in [0.29, 0.717) is 18.9 Å². The summed E-state index contributed by atoms with van der Waals surface area (Å²) in [6.45, 7) is 3.25. The fourth-order valence-electron chi connectivity index (χ4n) is 1.49. The monoisotopic (exact) mass is 195 g/mol. The average molecular weight is 195 g/mol. The number of hydrogen-bond acceptors (Lipinski definition) is 4. The molecule has 2 N–H and O–H groups in total. The van der Waals surface area contributed by atoms with Crippen LogP contribution >= 0.6 is 0 Å². The van der Waals surface area contributed by atoms with Crippen molar-refractivity contribution in [2.75, 3.05) is 13.1 Å². The molecule has 0 spiro atoms. The molecule has 2 heterocycles. The molecule has 1 aromatic heterocycles. The van der Waals surface area contributed by atoms with Crippen LogP contribution in [-0.4, -0.2) is 24.0 Å². The Hall–Kier alpha value is -1.36. The van der Waals surface area contributed by atoms with E-state index in [4.69, 9.17) is 4.42 Å². The lowest BCUT2D eigenvalue weighted by Gasteiger charge is -2.09. The molecule has 0 aromatic carbocycles. The van der Waals surface area contributed by atoms with Gasteiger partial charge in [0, 0.05) is 13.1 Å². The van der Waals surface area contributed by atoms with Crippen molar-refractivity contribution >= 4 is 5.91 Å². The predicted octanol–water partition coefficient (Wildman–Crippen LogP) is 0.134. The van der Waals surface area contributed by atoms with E-state index in [-0.39, 0.29) is 11.9 Å². The van der Waals surface area contributed by atoms with Crippen LogP contribution in [0.2, 0.25) is 0 Å². The first-order valence-corrected chi connectivity index (χ1v) is 4.68. The minimum absolute atomic E-state index is 0.0378. The first kappa shape index (κ1) is 9.21. The lowest BCUT2D eigenvalue weighted by atomic mass is 10.2. The number of aryl methyl sites for hydroxylation is 1. The molecule has 0 saturated carbocycles. The number of oxazole rings is 1. The van der Waals surface area contributed by atoms with Crippen LogP contribution in [0.3, 0.4) is 0 Å². The van der Waals surface area contributed by atoms with Crippen LogP contribution < -0.4 is 10.6 Å². The second-order valence-corrected chi connectivity index (χ2v) is 3.37. The van der Waals surface area contributed by atoms with Crippen LogP contribution in [0.1, 0.15) is 24.1 Å². The maximum absolute atomic E-state index is 11.3. The quantitative estimate of drug-likeness (QED) is 0.668. The molecule has 1 aliphatic heterocycles. The summed E-state index contributed by atoms with van der Waals surface area (Å²) in [5.74, 6) is 1.40. The van der Waals surface area contributed by atoms with Gasteiger partial charge >= 0.3 is 0 Å². The Morgan fingerprint density at radius 2 is 2.43 bits per heavy atom. The van der Waals surface area contributed by atoms with Gasteiger partial charge in [-0.1, -0.05) is 0 Å². The number of amides is 1. The second-order valence-electron chi connectivity index (χ2n) is 3.37. The van der Waals surface area contributed by atoms with Gasteiger partial charge in [-0.15, -0.1) is 0 Å². The maximum atomic E-state index is 11.3. The van der Waals surface area contributed by atoms with E-state index >= 15 is 0 Å². The number of carbonyl (C=O) groups excluding carboxylic acids is 1. The van der Waals surface area contributed by atoms with Gasteiger partial charge in [0.1, 0.15) is 5.76 Å². The van der Waals surface area contributed by atoms with E-state index in [9.17, 15) is 4.79 Å². The summed E-state index contributed by atoms with van der Waals surface area (Å²) < 4.78 is 5.37. The molecule has 0 aliphatic carbocycles. The second kappa shape index (κ2) is 3.79. The van der Waals surface area contributed by atoms with Crippen molar-refractivity contribution < 1.29 is 9.21 Å². The molecule has 14 heavy (non-hydrogen) atoms. The Morgan fingerprint density at radius 1 is 1.57 bits per heavy atom. The van der Waals surface area contributed by atoms with E-state index in [1.54, 1.807) is 6.20 Å². The van der Waals surface area contributed by atoms with Gasteiger partial charge < -0.3 is 15.1 Å². The van der Waals surface area contributed by atoms with Gasteiger partial charge in [0.15, 0.2) is 0 Å². The van der Waals surface area contributed by atoms with Gasteiger partial charge in [-0.25, -0.2) is 4.98 Å². The predicted molar refractivity (Wildman–Crippen MR) is 49.6 cm³/mol. The van der Waals surface area contributed by atoms with Crippen molar-refractivity contribution in [3.05, 3.63) is 17.8 Å². The van der Waals surface area contributed by atoms with Gasteiger partial charge in [-0.05, 0) is 6.92 Å². The van der Waals surface area contributed by atoms with Crippen LogP contribution in [0, 0.1) is 6.92 Å². The normalized spacial score (nSPS) is 22.9. The van der Waals surface area contributed by atoms with Crippen LogP contribution in [0.25, 0.3) is 0 Å². The third-order valence-electron chi connectivity index (χ3n) is 2.16. The molecule has 1 aromatic rings. The Labute approximate surface area is 81.9 Å². The molecule has 5 nitrogen and oxygen atoms in total. The summed E-state index contributed by atoms with van der Waals surface area (Å²) in [5.41, 5.74) is 0. The molecule has 1 atom stereocenters. The van der Waals surface area contributed by atoms with Crippen molar-refractivity contribution in [3.8, 4) is 0 Å². The van der Waals surface area contributed by atoms with E-state index in [1.165, 1.54) is 0 Å². The van der Waals surface area contributed by atoms with E-state index in [1.807, 2.05) is 6.92 Å². The lowest BCUT2D eigenvalue weighted by Crippen LogP contribution is -2.24. The molecule has 0 radical (unpaired) electrons. The Morgan fingerprint density at radius 3 is 3.14 bits per heavy atom. The summed E-state index contributed by atoms with van der Waals surface area (Å²) in [6.07, 6.45) is 2.06. The zero-order chi connectivity index (χ0) is 9.97. The molecule has 1 unspecified atom stereocenters. The number of nitrogens with one attached hydrogen (secondary N) is 2. The Balaban J connectivity index is 2.12. The molecular weight excluding hydrogens is 182 g/mol. The van der Waals surface area contributed by atoms with Crippen molar-refractivity contribution in [1.29, 1.82) is 0 Å². The molecule has 0 bridgehead atoms. The molecule has 76 valence electrons. The van der Waals surface area contributed by atoms with Gasteiger partial charge in [0.05, 0.1) is 18.7 Å². The van der Waals surface area contributed by atoms with E-state index in [2.05, 4.69) is 15.6 Å². The number of rotatable bonds is 1. The van der Waals surface area contributed by atoms with Crippen molar-refractivity contribution in [1.82, 2.24) is 15.6 Å². The molecule has 5 heteroatoms. The number of aromatic nitrogens is 1. The minimum atomic E-state index is -0.0915. The lowest BCUT2D eigenvalue weighted by molar-refractivity contribution is -0.121. The SMILES string of the molecule is Cc1cnc(C2CC(=O)NCCN2)o1. The van der Waals surface area contributed by atoms with Gasteiger partial charge in [-0.3, -0.25) is 4.79 Å². The van der Waals surface area contributed by atoms with Crippen LogP contribution in [-0.2, 0) is 4.79 Å². The van der Waals surface area contributed by atoms with Crippen molar-refractivity contribution in [3.63, 3.8) is 0 Å². The third kappa shape index (κ3) is 1.93. The molecule has 1 aliphatic rings. The molecule has 1 fully saturated rings. The fourth-order valence-corrected chi connectivity index (χ4v) is 1.49. The highest BCUT2D eigenvalue weighted by molar-refractivity contribution is 5.76. The zero-order valence-electron chi connectivity index (χ0n) is 8.04. The van der Waals surface area contributed by atoms with E-state index < -0.39 is 0 Å². The first-order valence-electron chi connectivity index (χ1n) is 4.68. The highest BCUT2D eigenvalue weighted by atomic mass is 16.4. The number of nitrogens with zero attached hydrogens (tertiary/aromatic N) is 1. The highest BCUT2D eigenvalue weighted by Gasteiger charge is 2.22. The number of hydrogen-bond donors (Lipinski definition) is 2. The van der Waals surface area contributed by atoms with E-state index in [0.717, 1.165) is 12.3 Å². The van der Waals surface area contributed by atoms with Gasteiger partial charge in [-0.2, -0.15) is 0 Å². The molecule has 1 amide bonds. The summed E-state index contributed by atoms with van der Waals surface area (Å²) in [7, 11) is 0. The zero-order valence-corrected chi connectivity index (χ0v) is 8.04. The largest absolute Gasteiger partial charge is 0.444 e. The molecule has 1 saturated heterocycles. The van der Waals surface area contributed by atoms with Crippen LogP contribution in [0.4, 0.5) is 0 Å². The van der Waals surface area contributed by atoms with Crippen LogP contribution in [0.5, 0.6) is 0 Å². The minimum Gasteiger partial charge on any atom is -0.444 e. The fraction of sp³-hybridized carbons (Fsp3) is 0.556. The first-order chi connectivity index (χ1) is 6.75. The maximum Gasteiger partial charge on any atom is 0.222 e. The topological polar surface area (TPSA) is 67.2 Å². The van der Waals surface area contributed by atoms with Crippen LogP contribution in [0.15, 0.2) is 10.6 Å². The third-order valence-corrected chi connectivity index (χ3v) is 2.16. The summed E-state index contributed by atoms with van der Waals surface area (Å²) in [5, 5.41) is 5.98. The average Bonchev–Trinajstić information content (AvgIpc) is 2.45. The summed E-state index contributed by atoms with van der Waals surface area (Å²) >= 11 is 0. The summed E-state index contributed by atoms with van der Waals surface area (Å²) in [6, 6.07) is -0.0915. The Kier molecular flexibility index (Phi) is 2.49. The molecule has 2 rings (SSSR count). The smallest absolute Gasteiger partial charge is 0.222 e. The van der Waals surface area contributed by atoms with Crippen molar-refractivity contribution in [2.45, 2.75) is 19.4 Å². The van der Waals surface area contributed by atoms with Crippen molar-refractivity contribution in [2.24, 2.45) is 0 Å². The highest BCUT2D eigenvalue weighted by Crippen LogP contribution is 2.17. The van der Waals surface area contributed by atoms with Gasteiger partial charge in [0.2, 0.25) is 11.8 Å².